The fourth-order valence-corrected chi connectivity index (χ4v) is 4.78. The lowest BCUT2D eigenvalue weighted by Gasteiger charge is -2.43. The molecule has 5 heteroatoms. The Labute approximate surface area is 225 Å². The Morgan fingerprint density at radius 1 is 0.686 bits per heavy atom. The van der Waals surface area contributed by atoms with E-state index in [4.69, 9.17) is 5.73 Å². The number of halogens is 1. The molecule has 0 saturated heterocycles. The summed E-state index contributed by atoms with van der Waals surface area (Å²) < 4.78 is 0. The van der Waals surface area contributed by atoms with E-state index in [1.54, 1.807) is 6.92 Å². The van der Waals surface area contributed by atoms with Crippen LogP contribution >= 0.6 is 12.4 Å². The molecule has 4 nitrogen and oxygen atoms in total. The molecule has 1 amide bonds. The maximum Gasteiger partial charge on any atom is 0.220 e. The van der Waals surface area contributed by atoms with Crippen LogP contribution in [0.5, 0.6) is 0 Å². The molecule has 2 atom stereocenters. The van der Waals surface area contributed by atoms with Crippen molar-refractivity contribution in [2.75, 3.05) is 0 Å². The Kier molecular flexibility index (Phi) is 24.0. The van der Waals surface area contributed by atoms with Gasteiger partial charge in [0.15, 0.2) is 0 Å². The maximum absolute atomic E-state index is 12.3. The van der Waals surface area contributed by atoms with Crippen LogP contribution in [0, 0.1) is 5.41 Å². The van der Waals surface area contributed by atoms with E-state index < -0.39 is 11.1 Å². The summed E-state index contributed by atoms with van der Waals surface area (Å²) in [6.45, 7) is 9.75. The lowest BCUT2D eigenvalue weighted by molar-refractivity contribution is -0.125. The number of nitrogens with one attached hydrogen (secondary N) is 1. The van der Waals surface area contributed by atoms with Crippen molar-refractivity contribution >= 4 is 18.3 Å². The summed E-state index contributed by atoms with van der Waals surface area (Å²) in [7, 11) is 0. The number of aliphatic hydroxyl groups is 1. The number of hydrogen-bond donors (Lipinski definition) is 3. The molecular formula is C30H63ClN2O2. The Hall–Kier alpha value is -0.320. The van der Waals surface area contributed by atoms with Gasteiger partial charge in [-0.25, -0.2) is 0 Å². The third kappa shape index (κ3) is 19.5. The number of hydrogen-bond acceptors (Lipinski definition) is 3. The summed E-state index contributed by atoms with van der Waals surface area (Å²) >= 11 is 0. The Morgan fingerprint density at radius 3 is 1.29 bits per heavy atom. The number of unbranched alkanes of at least 4 members (excludes halogenated alkanes) is 18. The first-order valence-corrected chi connectivity index (χ1v) is 15.0. The van der Waals surface area contributed by atoms with Crippen molar-refractivity contribution < 1.29 is 9.90 Å². The molecule has 2 unspecified atom stereocenters. The van der Waals surface area contributed by atoms with Gasteiger partial charge in [0.2, 0.25) is 5.91 Å². The monoisotopic (exact) mass is 518 g/mol. The highest BCUT2D eigenvalue weighted by Crippen LogP contribution is 2.32. The number of amides is 1. The predicted molar refractivity (Wildman–Crippen MR) is 156 cm³/mol. The fourth-order valence-electron chi connectivity index (χ4n) is 4.78. The molecular weight excluding hydrogens is 456 g/mol. The highest BCUT2D eigenvalue weighted by molar-refractivity contribution is 5.85. The first-order chi connectivity index (χ1) is 16.2. The van der Waals surface area contributed by atoms with Crippen LogP contribution in [0.2, 0.25) is 0 Å². The molecule has 212 valence electrons. The zero-order valence-electron chi connectivity index (χ0n) is 24.3. The third-order valence-electron chi connectivity index (χ3n) is 7.93. The lowest BCUT2D eigenvalue weighted by Crippen LogP contribution is -2.60. The molecule has 0 fully saturated rings. The molecule has 0 rings (SSSR count). The minimum atomic E-state index is -1.33. The first-order valence-electron chi connectivity index (χ1n) is 15.0. The second kappa shape index (κ2) is 22.8. The number of rotatable bonds is 24. The Morgan fingerprint density at radius 2 is 1.00 bits per heavy atom. The molecule has 0 heterocycles. The van der Waals surface area contributed by atoms with Crippen LogP contribution in [0.4, 0.5) is 0 Å². The van der Waals surface area contributed by atoms with Crippen LogP contribution in [0.3, 0.4) is 0 Å². The maximum atomic E-state index is 12.3. The van der Waals surface area contributed by atoms with Crippen molar-refractivity contribution in [3.05, 3.63) is 0 Å². The van der Waals surface area contributed by atoms with Gasteiger partial charge in [-0.15, -0.1) is 12.4 Å². The number of nitrogens with two attached hydrogens (primary N) is 1. The molecule has 0 spiro atoms. The van der Waals surface area contributed by atoms with E-state index in [0.717, 1.165) is 19.3 Å². The predicted octanol–water partition coefficient (Wildman–Crippen LogP) is 8.82. The summed E-state index contributed by atoms with van der Waals surface area (Å²) in [6.07, 6.45) is 27.1. The highest BCUT2D eigenvalue weighted by atomic mass is 35.5. The van der Waals surface area contributed by atoms with Gasteiger partial charge in [-0.2, -0.15) is 0 Å². The summed E-state index contributed by atoms with van der Waals surface area (Å²) in [5.41, 5.74) is 4.02. The minimum absolute atomic E-state index is 0. The van der Waals surface area contributed by atoms with Crippen molar-refractivity contribution in [1.82, 2.24) is 5.32 Å². The van der Waals surface area contributed by atoms with E-state index in [9.17, 15) is 9.90 Å². The summed E-state index contributed by atoms with van der Waals surface area (Å²) in [6, 6.07) is -0.125. The van der Waals surface area contributed by atoms with Crippen molar-refractivity contribution in [3.63, 3.8) is 0 Å². The van der Waals surface area contributed by atoms with Gasteiger partial charge in [0.1, 0.15) is 5.72 Å². The number of carbonyl (C=O) groups excluding carboxylic acids is 1. The standard InChI is InChI=1S/C30H62N2O2.ClH/c1-6-8-9-10-11-12-13-14-15-16-17-18-19-20-21-22-23-24-25-26-28(33)32-27(7-2)29(3,4)30(5,31)34;/h27,34H,6-26,31H2,1-5H3,(H,32,33);1H. The Balaban J connectivity index is 0. The first kappa shape index (κ1) is 36.8. The van der Waals surface area contributed by atoms with E-state index >= 15 is 0 Å². The average molecular weight is 519 g/mol. The van der Waals surface area contributed by atoms with Gasteiger partial charge in [0.25, 0.3) is 0 Å². The van der Waals surface area contributed by atoms with Crippen LogP contribution in [-0.4, -0.2) is 22.8 Å². The molecule has 0 bridgehead atoms. The average Bonchev–Trinajstić information content (AvgIpc) is 2.78. The highest BCUT2D eigenvalue weighted by Gasteiger charge is 2.42. The molecule has 35 heavy (non-hydrogen) atoms. The second-order valence-corrected chi connectivity index (χ2v) is 11.5. The van der Waals surface area contributed by atoms with Gasteiger partial charge < -0.3 is 16.2 Å². The van der Waals surface area contributed by atoms with Crippen LogP contribution in [0.15, 0.2) is 0 Å². The molecule has 0 radical (unpaired) electrons. The van der Waals surface area contributed by atoms with Crippen molar-refractivity contribution in [3.8, 4) is 0 Å². The summed E-state index contributed by atoms with van der Waals surface area (Å²) in [5, 5.41) is 13.3. The van der Waals surface area contributed by atoms with Crippen LogP contribution < -0.4 is 11.1 Å². The van der Waals surface area contributed by atoms with Crippen LogP contribution in [0.25, 0.3) is 0 Å². The molecule has 0 aliphatic rings. The minimum Gasteiger partial charge on any atom is -0.376 e. The molecule has 4 N–H and O–H groups in total. The zero-order chi connectivity index (χ0) is 25.7. The smallest absolute Gasteiger partial charge is 0.220 e. The van der Waals surface area contributed by atoms with Crippen LogP contribution in [-0.2, 0) is 4.79 Å². The molecule has 0 aliphatic heterocycles. The van der Waals surface area contributed by atoms with E-state index in [2.05, 4.69) is 12.2 Å². The van der Waals surface area contributed by atoms with Gasteiger partial charge in [-0.1, -0.05) is 143 Å². The van der Waals surface area contributed by atoms with E-state index in [0.29, 0.717) is 6.42 Å². The normalized spacial score (nSPS) is 14.3. The summed E-state index contributed by atoms with van der Waals surface area (Å²) in [5.74, 6) is 0.0798. The van der Waals surface area contributed by atoms with Crippen LogP contribution in [0.1, 0.15) is 169 Å². The molecule has 0 aliphatic carbocycles. The van der Waals surface area contributed by atoms with Crippen molar-refractivity contribution in [2.24, 2.45) is 11.1 Å². The second-order valence-electron chi connectivity index (χ2n) is 11.5. The van der Waals surface area contributed by atoms with Crippen molar-refractivity contribution in [2.45, 2.75) is 181 Å². The van der Waals surface area contributed by atoms with Gasteiger partial charge in [0, 0.05) is 17.9 Å². The van der Waals surface area contributed by atoms with Crippen molar-refractivity contribution in [1.29, 1.82) is 0 Å². The fraction of sp³-hybridized carbons (Fsp3) is 0.967. The summed E-state index contributed by atoms with van der Waals surface area (Å²) in [4.78, 5) is 12.3. The molecule has 0 aromatic heterocycles. The van der Waals surface area contributed by atoms with E-state index in [1.165, 1.54) is 109 Å². The quantitative estimate of drug-likeness (QED) is 0.0881. The number of carbonyl (C=O) groups is 1. The Bertz CT molecular complexity index is 477. The van der Waals surface area contributed by atoms with E-state index in [-0.39, 0.29) is 24.4 Å². The SMILES string of the molecule is CCCCCCCCCCCCCCCCCCCCCC(=O)NC(CC)C(C)(C)C(C)(N)O.Cl. The topological polar surface area (TPSA) is 75.4 Å². The zero-order valence-corrected chi connectivity index (χ0v) is 25.1. The van der Waals surface area contributed by atoms with Gasteiger partial charge in [-0.3, -0.25) is 4.79 Å². The lowest BCUT2D eigenvalue weighted by atomic mass is 9.74. The van der Waals surface area contributed by atoms with Gasteiger partial charge >= 0.3 is 0 Å². The van der Waals surface area contributed by atoms with Gasteiger partial charge in [-0.05, 0) is 19.8 Å². The third-order valence-corrected chi connectivity index (χ3v) is 7.93. The largest absolute Gasteiger partial charge is 0.376 e. The molecule has 0 aromatic carbocycles. The molecule has 0 saturated carbocycles. The van der Waals surface area contributed by atoms with Gasteiger partial charge in [0.05, 0.1) is 0 Å². The van der Waals surface area contributed by atoms with E-state index in [1.807, 2.05) is 20.8 Å². The molecule has 0 aromatic rings.